The van der Waals surface area contributed by atoms with E-state index in [1.165, 1.54) is 11.3 Å². The molecule has 2 aromatic heterocycles. The Hall–Kier alpha value is -2.23. The lowest BCUT2D eigenvalue weighted by Crippen LogP contribution is -2.31. The number of fused-ring (bicyclic) bond motifs is 1. The highest BCUT2D eigenvalue weighted by atomic mass is 35.5. The van der Waals surface area contributed by atoms with Gasteiger partial charge < -0.3 is 9.84 Å². The van der Waals surface area contributed by atoms with E-state index < -0.39 is 5.97 Å². The van der Waals surface area contributed by atoms with Crippen LogP contribution in [0.25, 0.3) is 5.13 Å². The number of halogens is 1. The van der Waals surface area contributed by atoms with E-state index in [0.29, 0.717) is 29.7 Å². The van der Waals surface area contributed by atoms with Crippen molar-refractivity contribution in [1.82, 2.24) is 24.9 Å². The molecule has 0 spiro atoms. The van der Waals surface area contributed by atoms with Crippen LogP contribution in [-0.2, 0) is 22.5 Å². The van der Waals surface area contributed by atoms with Crippen molar-refractivity contribution in [1.29, 1.82) is 0 Å². The van der Waals surface area contributed by atoms with Crippen molar-refractivity contribution in [3.05, 3.63) is 45.4 Å². The van der Waals surface area contributed by atoms with E-state index in [2.05, 4.69) is 26.3 Å². The number of carboxylic acids is 1. The lowest BCUT2D eigenvalue weighted by Gasteiger charge is -2.25. The van der Waals surface area contributed by atoms with Crippen LogP contribution in [0.4, 0.5) is 0 Å². The average molecular weight is 450 g/mol. The van der Waals surface area contributed by atoms with E-state index in [1.807, 2.05) is 26.1 Å². The van der Waals surface area contributed by atoms with Gasteiger partial charge in [-0.3, -0.25) is 9.69 Å². The molecule has 10 heteroatoms. The maximum atomic E-state index is 10.8. The minimum atomic E-state index is -0.771. The predicted octanol–water partition coefficient (Wildman–Crippen LogP) is 3.48. The zero-order chi connectivity index (χ0) is 21.3. The molecule has 30 heavy (non-hydrogen) atoms. The monoisotopic (exact) mass is 449 g/mol. The first kappa shape index (κ1) is 21.0. The van der Waals surface area contributed by atoms with Crippen molar-refractivity contribution in [2.75, 3.05) is 13.1 Å². The van der Waals surface area contributed by atoms with Crippen molar-refractivity contribution < 1.29 is 14.6 Å². The van der Waals surface area contributed by atoms with Crippen LogP contribution >= 0.6 is 22.9 Å². The summed E-state index contributed by atoms with van der Waals surface area (Å²) in [5, 5.41) is 24.6. The summed E-state index contributed by atoms with van der Waals surface area (Å²) in [5.74, 6) is 0.0206. The van der Waals surface area contributed by atoms with Crippen molar-refractivity contribution in [2.24, 2.45) is 0 Å². The minimum absolute atomic E-state index is 0.0694. The van der Waals surface area contributed by atoms with Crippen LogP contribution in [0, 0.1) is 0 Å². The van der Waals surface area contributed by atoms with Crippen molar-refractivity contribution in [3.8, 4) is 5.13 Å². The Labute approximate surface area is 183 Å². The quantitative estimate of drug-likeness (QED) is 0.691. The number of allylic oxidation sites excluding steroid dienone is 3. The van der Waals surface area contributed by atoms with Gasteiger partial charge in [0.2, 0.25) is 5.13 Å². The Balaban J connectivity index is 1.44. The molecule has 4 rings (SSSR count). The molecule has 8 nitrogen and oxygen atoms in total. The first-order valence-electron chi connectivity index (χ1n) is 9.98. The van der Waals surface area contributed by atoms with E-state index in [9.17, 15) is 4.79 Å². The van der Waals surface area contributed by atoms with E-state index >= 15 is 0 Å². The second kappa shape index (κ2) is 8.87. The Morgan fingerprint density at radius 2 is 2.27 bits per heavy atom. The molecule has 1 aliphatic carbocycles. The maximum absolute atomic E-state index is 10.8. The van der Waals surface area contributed by atoms with Crippen molar-refractivity contribution >= 4 is 28.9 Å². The van der Waals surface area contributed by atoms with E-state index in [1.54, 1.807) is 4.68 Å². The van der Waals surface area contributed by atoms with Crippen molar-refractivity contribution in [2.45, 2.75) is 51.7 Å². The second-order valence-corrected chi connectivity index (χ2v) is 9.19. The Morgan fingerprint density at radius 3 is 3.00 bits per heavy atom. The average Bonchev–Trinajstić information content (AvgIpc) is 3.34. The number of hydrogen-bond acceptors (Lipinski definition) is 7. The molecular weight excluding hydrogens is 426 g/mol. The largest absolute Gasteiger partial charge is 0.490 e. The fraction of sp³-hybridized carbons (Fsp3) is 0.500. The van der Waals surface area contributed by atoms with Gasteiger partial charge in [-0.25, -0.2) is 4.68 Å². The molecule has 0 aromatic carbocycles. The van der Waals surface area contributed by atoms with Crippen LogP contribution in [0.5, 0.6) is 0 Å². The number of hydrogen-bond donors (Lipinski definition) is 1. The van der Waals surface area contributed by atoms with Crippen LogP contribution in [0.3, 0.4) is 0 Å². The third-order valence-electron chi connectivity index (χ3n) is 5.03. The van der Waals surface area contributed by atoms with Crippen LogP contribution in [0.1, 0.15) is 48.9 Å². The molecule has 2 aromatic rings. The molecule has 3 heterocycles. The fourth-order valence-electron chi connectivity index (χ4n) is 3.57. The normalized spacial score (nSPS) is 19.4. The van der Waals surface area contributed by atoms with Gasteiger partial charge >= 0.3 is 5.97 Å². The lowest BCUT2D eigenvalue weighted by atomic mass is 10.0. The SMILES string of the molecule is CC(C)OC1=C(Cl)CC(c2nnc(-n3cc4c(n3)CCN(CCC(=O)O)C4)s2)C=C1. The molecule has 1 unspecified atom stereocenters. The first-order valence-corrected chi connectivity index (χ1v) is 11.2. The summed E-state index contributed by atoms with van der Waals surface area (Å²) in [7, 11) is 0. The predicted molar refractivity (Wildman–Crippen MR) is 114 cm³/mol. The summed E-state index contributed by atoms with van der Waals surface area (Å²) in [6.07, 6.45) is 7.62. The smallest absolute Gasteiger partial charge is 0.304 e. The Bertz CT molecular complexity index is 996. The number of aliphatic carboxylic acids is 1. The summed E-state index contributed by atoms with van der Waals surface area (Å²) >= 11 is 7.93. The molecule has 1 N–H and O–H groups in total. The van der Waals surface area contributed by atoms with E-state index in [-0.39, 0.29) is 18.4 Å². The van der Waals surface area contributed by atoms with Crippen LogP contribution in [0.2, 0.25) is 0 Å². The van der Waals surface area contributed by atoms with Gasteiger partial charge in [0.1, 0.15) is 10.8 Å². The summed E-state index contributed by atoms with van der Waals surface area (Å²) in [4.78, 5) is 13.0. The highest BCUT2D eigenvalue weighted by molar-refractivity contribution is 7.13. The third kappa shape index (κ3) is 4.74. The van der Waals surface area contributed by atoms with Gasteiger partial charge in [-0.1, -0.05) is 29.0 Å². The minimum Gasteiger partial charge on any atom is -0.490 e. The molecule has 0 saturated heterocycles. The maximum Gasteiger partial charge on any atom is 0.304 e. The van der Waals surface area contributed by atoms with Crippen LogP contribution in [-0.4, -0.2) is 55.1 Å². The van der Waals surface area contributed by atoms with Gasteiger partial charge in [0, 0.05) is 43.7 Å². The number of carboxylic acid groups (broad SMARTS) is 1. The summed E-state index contributed by atoms with van der Waals surface area (Å²) in [6, 6.07) is 0. The summed E-state index contributed by atoms with van der Waals surface area (Å²) in [6.45, 7) is 6.02. The molecule has 2 aliphatic rings. The zero-order valence-electron chi connectivity index (χ0n) is 16.9. The van der Waals surface area contributed by atoms with E-state index in [0.717, 1.165) is 35.0 Å². The molecule has 0 fully saturated rings. The standard InChI is InChI=1S/C20H24ClN5O3S/c1-12(2)29-17-4-3-13(9-15(17)21)19-22-23-20(30-19)26-11-14-10-25(8-6-18(27)28)7-5-16(14)24-26/h3-4,11-13H,5-10H2,1-2H3,(H,27,28). The molecule has 0 bridgehead atoms. The molecule has 1 atom stereocenters. The van der Waals surface area contributed by atoms with Gasteiger partial charge in [-0.2, -0.15) is 5.10 Å². The molecule has 0 saturated carbocycles. The topological polar surface area (TPSA) is 93.4 Å². The molecule has 1 aliphatic heterocycles. The number of nitrogens with zero attached hydrogens (tertiary/aromatic N) is 5. The van der Waals surface area contributed by atoms with Crippen LogP contribution < -0.4 is 0 Å². The third-order valence-corrected chi connectivity index (χ3v) is 6.42. The van der Waals surface area contributed by atoms with Gasteiger partial charge in [0.25, 0.3) is 0 Å². The summed E-state index contributed by atoms with van der Waals surface area (Å²) < 4.78 is 7.51. The Morgan fingerprint density at radius 1 is 1.43 bits per heavy atom. The van der Waals surface area contributed by atoms with Gasteiger partial charge in [-0.05, 0) is 26.3 Å². The number of carbonyl (C=O) groups is 1. The summed E-state index contributed by atoms with van der Waals surface area (Å²) in [5.41, 5.74) is 2.15. The number of aromatic nitrogens is 4. The molecule has 160 valence electrons. The highest BCUT2D eigenvalue weighted by Gasteiger charge is 2.24. The molecular formula is C20H24ClN5O3S. The van der Waals surface area contributed by atoms with Crippen molar-refractivity contribution in [3.63, 3.8) is 0 Å². The number of ether oxygens (including phenoxy) is 1. The first-order chi connectivity index (χ1) is 14.4. The Kier molecular flexibility index (Phi) is 6.21. The van der Waals surface area contributed by atoms with Gasteiger partial charge in [0.15, 0.2) is 0 Å². The highest BCUT2D eigenvalue weighted by Crippen LogP contribution is 2.36. The van der Waals surface area contributed by atoms with Crippen LogP contribution in [0.15, 0.2) is 29.1 Å². The van der Waals surface area contributed by atoms with Gasteiger partial charge in [0.05, 0.1) is 23.3 Å². The van der Waals surface area contributed by atoms with E-state index in [4.69, 9.17) is 21.4 Å². The zero-order valence-corrected chi connectivity index (χ0v) is 18.5. The molecule has 0 radical (unpaired) electrons. The molecule has 0 amide bonds. The fourth-order valence-corrected chi connectivity index (χ4v) is 4.69. The lowest BCUT2D eigenvalue weighted by molar-refractivity contribution is -0.137. The van der Waals surface area contributed by atoms with Gasteiger partial charge in [-0.15, -0.1) is 10.2 Å². The number of rotatable bonds is 7. The second-order valence-electron chi connectivity index (χ2n) is 7.74.